The van der Waals surface area contributed by atoms with Gasteiger partial charge in [0, 0.05) is 32.6 Å². The zero-order valence-electron chi connectivity index (χ0n) is 10.7. The molecule has 0 N–H and O–H groups in total. The van der Waals surface area contributed by atoms with Gasteiger partial charge in [-0.15, -0.1) is 10.2 Å². The summed E-state index contributed by atoms with van der Waals surface area (Å²) in [4.78, 5) is 2.50. The molecule has 0 fully saturated rings. The van der Waals surface area contributed by atoms with Crippen LogP contribution in [0.1, 0.15) is 17.0 Å². The molecule has 0 saturated heterocycles. The van der Waals surface area contributed by atoms with Gasteiger partial charge in [-0.05, 0) is 18.1 Å². The fourth-order valence-electron chi connectivity index (χ4n) is 2.46. The maximum absolute atomic E-state index is 4.16. The molecule has 1 aliphatic rings. The third-order valence-corrected chi connectivity index (χ3v) is 3.66. The highest BCUT2D eigenvalue weighted by atomic mass is 15.3. The first kappa shape index (κ1) is 11.4. The van der Waals surface area contributed by atoms with Crippen molar-refractivity contribution < 1.29 is 0 Å². The van der Waals surface area contributed by atoms with Crippen molar-refractivity contribution in [1.29, 1.82) is 0 Å². The van der Waals surface area contributed by atoms with Gasteiger partial charge >= 0.3 is 0 Å². The lowest BCUT2D eigenvalue weighted by Crippen LogP contribution is -2.26. The minimum atomic E-state index is 0.992. The average Bonchev–Trinajstić information content (AvgIpc) is 2.75. The van der Waals surface area contributed by atoms with Crippen molar-refractivity contribution in [3.05, 3.63) is 47.5 Å². The molecule has 2 heterocycles. The van der Waals surface area contributed by atoms with Crippen LogP contribution >= 0.6 is 0 Å². The van der Waals surface area contributed by atoms with Gasteiger partial charge in [-0.3, -0.25) is 4.90 Å². The second-order valence-corrected chi connectivity index (χ2v) is 4.89. The van der Waals surface area contributed by atoms with Crippen LogP contribution in [0.25, 0.3) is 0 Å². The molecule has 1 aliphatic heterocycles. The predicted molar refractivity (Wildman–Crippen MR) is 70.2 cm³/mol. The van der Waals surface area contributed by atoms with Crippen LogP contribution in [0.4, 0.5) is 0 Å². The van der Waals surface area contributed by atoms with Crippen molar-refractivity contribution in [2.75, 3.05) is 13.1 Å². The van der Waals surface area contributed by atoms with Crippen LogP contribution in [-0.2, 0) is 19.5 Å². The zero-order chi connectivity index (χ0) is 12.4. The molecule has 2 aromatic rings. The van der Waals surface area contributed by atoms with Crippen LogP contribution in [-0.4, -0.2) is 32.8 Å². The van der Waals surface area contributed by atoms with Gasteiger partial charge in [0.2, 0.25) is 0 Å². The summed E-state index contributed by atoms with van der Waals surface area (Å²) in [5.74, 6) is 1.11. The third-order valence-electron chi connectivity index (χ3n) is 3.66. The first-order valence-electron chi connectivity index (χ1n) is 6.46. The summed E-state index contributed by atoms with van der Waals surface area (Å²) < 4.78 is 2.16. The van der Waals surface area contributed by atoms with E-state index >= 15 is 0 Å². The highest BCUT2D eigenvalue weighted by molar-refractivity contribution is 5.25. The molecule has 3 rings (SSSR count). The third kappa shape index (κ3) is 2.29. The molecule has 4 nitrogen and oxygen atoms in total. The van der Waals surface area contributed by atoms with Crippen LogP contribution in [0.2, 0.25) is 0 Å². The number of rotatable bonds is 2. The summed E-state index contributed by atoms with van der Waals surface area (Å²) in [5.41, 5.74) is 2.80. The molecule has 94 valence electrons. The molecule has 0 aliphatic carbocycles. The largest absolute Gasteiger partial charge is 0.316 e. The summed E-state index contributed by atoms with van der Waals surface area (Å²) >= 11 is 0. The maximum Gasteiger partial charge on any atom is 0.134 e. The Hall–Kier alpha value is -1.68. The van der Waals surface area contributed by atoms with Crippen LogP contribution < -0.4 is 0 Å². The maximum atomic E-state index is 4.16. The molecule has 0 amide bonds. The molecule has 0 atom stereocenters. The summed E-state index contributed by atoms with van der Waals surface area (Å²) in [6.07, 6.45) is 2.83. The second-order valence-electron chi connectivity index (χ2n) is 4.89. The Bertz CT molecular complexity index is 510. The Kier molecular flexibility index (Phi) is 3.11. The van der Waals surface area contributed by atoms with Gasteiger partial charge in [0.1, 0.15) is 12.2 Å². The van der Waals surface area contributed by atoms with Crippen LogP contribution in [0, 0.1) is 6.92 Å². The Balaban J connectivity index is 1.69. The van der Waals surface area contributed by atoms with Gasteiger partial charge in [0.05, 0.1) is 0 Å². The van der Waals surface area contributed by atoms with Crippen molar-refractivity contribution in [3.63, 3.8) is 0 Å². The lowest BCUT2D eigenvalue weighted by molar-refractivity contribution is 0.270. The number of benzene rings is 1. The quantitative estimate of drug-likeness (QED) is 0.803. The van der Waals surface area contributed by atoms with Gasteiger partial charge in [0.15, 0.2) is 0 Å². The standard InChI is InChI=1S/C14H18N4/c1-12-4-2-3-5-13(12)10-17-7-6-14-16-15-11-18(14)9-8-17/h2-5,11H,6-10H2,1H3. The molecule has 0 radical (unpaired) electrons. The Labute approximate surface area is 107 Å². The lowest BCUT2D eigenvalue weighted by atomic mass is 10.1. The second kappa shape index (κ2) is 4.90. The predicted octanol–water partition coefficient (Wildman–Crippen LogP) is 1.64. The van der Waals surface area contributed by atoms with E-state index < -0.39 is 0 Å². The lowest BCUT2D eigenvalue weighted by Gasteiger charge is -2.20. The number of hydrogen-bond acceptors (Lipinski definition) is 3. The molecule has 1 aromatic carbocycles. The summed E-state index contributed by atoms with van der Waals surface area (Å²) in [6, 6.07) is 8.63. The summed E-state index contributed by atoms with van der Waals surface area (Å²) in [7, 11) is 0. The first-order valence-corrected chi connectivity index (χ1v) is 6.46. The van der Waals surface area contributed by atoms with E-state index in [1.165, 1.54) is 11.1 Å². The smallest absolute Gasteiger partial charge is 0.134 e. The van der Waals surface area contributed by atoms with E-state index in [0.717, 1.165) is 38.4 Å². The minimum Gasteiger partial charge on any atom is -0.316 e. The zero-order valence-corrected chi connectivity index (χ0v) is 10.7. The molecule has 0 bridgehead atoms. The van der Waals surface area contributed by atoms with Crippen molar-refractivity contribution in [2.45, 2.75) is 26.4 Å². The normalized spacial score (nSPS) is 16.3. The van der Waals surface area contributed by atoms with E-state index in [0.29, 0.717) is 0 Å². The van der Waals surface area contributed by atoms with Crippen molar-refractivity contribution in [1.82, 2.24) is 19.7 Å². The van der Waals surface area contributed by atoms with E-state index in [4.69, 9.17) is 0 Å². The molecular weight excluding hydrogens is 224 g/mol. The minimum absolute atomic E-state index is 0.992. The average molecular weight is 242 g/mol. The SMILES string of the molecule is Cc1ccccc1CN1CCc2nncn2CC1. The van der Waals surface area contributed by atoms with E-state index in [1.807, 2.05) is 6.33 Å². The van der Waals surface area contributed by atoms with Crippen molar-refractivity contribution in [2.24, 2.45) is 0 Å². The Morgan fingerprint density at radius 3 is 2.94 bits per heavy atom. The Morgan fingerprint density at radius 2 is 2.06 bits per heavy atom. The molecule has 4 heteroatoms. The van der Waals surface area contributed by atoms with Crippen LogP contribution in [0.5, 0.6) is 0 Å². The monoisotopic (exact) mass is 242 g/mol. The summed E-state index contributed by atoms with van der Waals surface area (Å²) in [6.45, 7) is 6.34. The van der Waals surface area contributed by atoms with Gasteiger partial charge in [-0.25, -0.2) is 0 Å². The fourth-order valence-corrected chi connectivity index (χ4v) is 2.46. The first-order chi connectivity index (χ1) is 8.83. The summed E-state index contributed by atoms with van der Waals surface area (Å²) in [5, 5.41) is 8.13. The van der Waals surface area contributed by atoms with E-state index in [1.54, 1.807) is 0 Å². The molecular formula is C14H18N4. The van der Waals surface area contributed by atoms with E-state index in [-0.39, 0.29) is 0 Å². The highest BCUT2D eigenvalue weighted by Gasteiger charge is 2.15. The molecule has 0 unspecified atom stereocenters. The molecule has 0 spiro atoms. The topological polar surface area (TPSA) is 34.0 Å². The van der Waals surface area contributed by atoms with Crippen LogP contribution in [0.3, 0.4) is 0 Å². The number of hydrogen-bond donors (Lipinski definition) is 0. The van der Waals surface area contributed by atoms with Crippen LogP contribution in [0.15, 0.2) is 30.6 Å². The fraction of sp³-hybridized carbons (Fsp3) is 0.429. The number of nitrogens with zero attached hydrogens (tertiary/aromatic N) is 4. The number of fused-ring (bicyclic) bond motifs is 1. The van der Waals surface area contributed by atoms with Gasteiger partial charge < -0.3 is 4.57 Å². The number of aromatic nitrogens is 3. The Morgan fingerprint density at radius 1 is 1.17 bits per heavy atom. The number of aryl methyl sites for hydroxylation is 1. The van der Waals surface area contributed by atoms with Gasteiger partial charge in [-0.1, -0.05) is 24.3 Å². The molecule has 0 saturated carbocycles. The van der Waals surface area contributed by atoms with Crippen molar-refractivity contribution in [3.8, 4) is 0 Å². The van der Waals surface area contributed by atoms with E-state index in [2.05, 4.69) is 50.9 Å². The van der Waals surface area contributed by atoms with E-state index in [9.17, 15) is 0 Å². The molecule has 1 aromatic heterocycles. The molecule has 18 heavy (non-hydrogen) atoms. The van der Waals surface area contributed by atoms with Gasteiger partial charge in [0.25, 0.3) is 0 Å². The highest BCUT2D eigenvalue weighted by Crippen LogP contribution is 2.13. The van der Waals surface area contributed by atoms with Gasteiger partial charge in [-0.2, -0.15) is 0 Å². The van der Waals surface area contributed by atoms with Crippen molar-refractivity contribution >= 4 is 0 Å².